The highest BCUT2D eigenvalue weighted by molar-refractivity contribution is 6.06. The van der Waals surface area contributed by atoms with Crippen LogP contribution in [-0.4, -0.2) is 22.9 Å². The minimum atomic E-state index is -1.08. The number of nitrogens with zero attached hydrogens (tertiary/aromatic N) is 3. The molecule has 0 radical (unpaired) electrons. The fourth-order valence-electron chi connectivity index (χ4n) is 2.72. The second-order valence-electron chi connectivity index (χ2n) is 6.79. The van der Waals surface area contributed by atoms with E-state index in [4.69, 9.17) is 11.5 Å². The summed E-state index contributed by atoms with van der Waals surface area (Å²) in [6.07, 6.45) is 0. The third kappa shape index (κ3) is 6.40. The number of hydrogen-bond donors (Lipinski definition) is 4. The number of anilines is 1. The first kappa shape index (κ1) is 21.5. The Balaban J connectivity index is 1.76. The first-order chi connectivity index (χ1) is 15.0. The fraction of sp³-hybridized carbons (Fsp3) is 0.130. The predicted octanol–water partition coefficient (Wildman–Crippen LogP) is 3.30. The summed E-state index contributed by atoms with van der Waals surface area (Å²) in [5, 5.41) is 20.6. The molecule has 3 aromatic rings. The Labute approximate surface area is 180 Å². The van der Waals surface area contributed by atoms with Crippen LogP contribution in [0.1, 0.15) is 11.1 Å². The molecular weight excluding hydrogens is 392 g/mol. The Bertz CT molecular complexity index is 1070. The molecule has 0 saturated carbocycles. The SMILES string of the molecule is NC(=NCc1ccc(O)c(N)c1)C(N=Nc1ccccc1)C(=O)NCc1ccccc1. The second kappa shape index (κ2) is 10.5. The number of nitrogens with one attached hydrogen (secondary N) is 1. The maximum atomic E-state index is 12.8. The number of carbonyl (C=O) groups is 1. The fourth-order valence-corrected chi connectivity index (χ4v) is 2.72. The maximum Gasteiger partial charge on any atom is 0.254 e. The summed E-state index contributed by atoms with van der Waals surface area (Å²) in [5.41, 5.74) is 14.4. The molecule has 0 aliphatic heterocycles. The first-order valence-corrected chi connectivity index (χ1v) is 9.67. The van der Waals surface area contributed by atoms with Gasteiger partial charge in [-0.15, -0.1) is 0 Å². The summed E-state index contributed by atoms with van der Waals surface area (Å²) in [6, 6.07) is 22.3. The summed E-state index contributed by atoms with van der Waals surface area (Å²) in [6.45, 7) is 0.512. The van der Waals surface area contributed by atoms with Gasteiger partial charge in [-0.25, -0.2) is 0 Å². The van der Waals surface area contributed by atoms with Gasteiger partial charge >= 0.3 is 0 Å². The third-order valence-corrected chi connectivity index (χ3v) is 4.42. The first-order valence-electron chi connectivity index (χ1n) is 9.67. The summed E-state index contributed by atoms with van der Waals surface area (Å²) in [7, 11) is 0. The lowest BCUT2D eigenvalue weighted by atomic mass is 10.2. The van der Waals surface area contributed by atoms with Crippen LogP contribution >= 0.6 is 0 Å². The molecule has 1 amide bonds. The van der Waals surface area contributed by atoms with Crippen molar-refractivity contribution in [1.29, 1.82) is 0 Å². The van der Waals surface area contributed by atoms with Crippen molar-refractivity contribution < 1.29 is 9.90 Å². The van der Waals surface area contributed by atoms with Crippen LogP contribution in [0.5, 0.6) is 5.75 Å². The van der Waals surface area contributed by atoms with Crippen molar-refractivity contribution >= 4 is 23.1 Å². The third-order valence-electron chi connectivity index (χ3n) is 4.42. The molecule has 0 bridgehead atoms. The molecule has 0 aliphatic carbocycles. The molecule has 0 aromatic heterocycles. The van der Waals surface area contributed by atoms with Gasteiger partial charge in [0.15, 0.2) is 0 Å². The predicted molar refractivity (Wildman–Crippen MR) is 121 cm³/mol. The van der Waals surface area contributed by atoms with Crippen molar-refractivity contribution in [1.82, 2.24) is 5.32 Å². The van der Waals surface area contributed by atoms with E-state index < -0.39 is 11.9 Å². The Kier molecular flexibility index (Phi) is 7.31. The van der Waals surface area contributed by atoms with E-state index in [-0.39, 0.29) is 23.8 Å². The summed E-state index contributed by atoms with van der Waals surface area (Å²) < 4.78 is 0. The van der Waals surface area contributed by atoms with Crippen molar-refractivity contribution in [2.75, 3.05) is 5.73 Å². The number of azo groups is 1. The highest BCUT2D eigenvalue weighted by Gasteiger charge is 2.22. The molecule has 1 atom stereocenters. The number of aromatic hydroxyl groups is 1. The number of nitrogen functional groups attached to an aromatic ring is 1. The molecule has 3 rings (SSSR count). The number of rotatable bonds is 8. The number of phenolic OH excluding ortho intramolecular Hbond substituents is 1. The van der Waals surface area contributed by atoms with Gasteiger partial charge in [-0.1, -0.05) is 54.6 Å². The quantitative estimate of drug-likeness (QED) is 0.147. The molecule has 0 heterocycles. The number of benzene rings is 3. The maximum absolute atomic E-state index is 12.8. The van der Waals surface area contributed by atoms with Gasteiger partial charge in [-0.05, 0) is 35.4 Å². The monoisotopic (exact) mass is 416 g/mol. The van der Waals surface area contributed by atoms with E-state index >= 15 is 0 Å². The van der Waals surface area contributed by atoms with Gasteiger partial charge in [0, 0.05) is 6.54 Å². The average Bonchev–Trinajstić information content (AvgIpc) is 2.80. The van der Waals surface area contributed by atoms with Gasteiger partial charge in [0.1, 0.15) is 11.6 Å². The van der Waals surface area contributed by atoms with Gasteiger partial charge < -0.3 is 21.9 Å². The molecule has 1 unspecified atom stereocenters. The van der Waals surface area contributed by atoms with E-state index in [1.54, 1.807) is 24.3 Å². The smallest absolute Gasteiger partial charge is 0.254 e. The molecular formula is C23H24N6O2. The zero-order chi connectivity index (χ0) is 22.1. The number of aliphatic imine (C=N–C) groups is 1. The average molecular weight is 416 g/mol. The molecule has 6 N–H and O–H groups in total. The van der Waals surface area contributed by atoms with Crippen LogP contribution in [0, 0.1) is 0 Å². The molecule has 0 aliphatic rings. The number of amides is 1. The van der Waals surface area contributed by atoms with Gasteiger partial charge in [0.05, 0.1) is 17.9 Å². The van der Waals surface area contributed by atoms with Crippen LogP contribution < -0.4 is 16.8 Å². The zero-order valence-corrected chi connectivity index (χ0v) is 16.8. The van der Waals surface area contributed by atoms with E-state index in [1.807, 2.05) is 48.5 Å². The topological polar surface area (TPSA) is 138 Å². The molecule has 8 nitrogen and oxygen atoms in total. The number of hydrogen-bond acceptors (Lipinski definition) is 6. The highest BCUT2D eigenvalue weighted by atomic mass is 16.3. The number of phenols is 1. The number of nitrogens with two attached hydrogens (primary N) is 2. The van der Waals surface area contributed by atoms with Crippen molar-refractivity contribution in [2.45, 2.75) is 19.1 Å². The molecule has 158 valence electrons. The van der Waals surface area contributed by atoms with E-state index in [9.17, 15) is 9.90 Å². The normalized spacial score (nSPS) is 12.6. The lowest BCUT2D eigenvalue weighted by Gasteiger charge is -2.12. The molecule has 0 spiro atoms. The lowest BCUT2D eigenvalue weighted by Crippen LogP contribution is -2.42. The van der Waals surface area contributed by atoms with E-state index in [0.717, 1.165) is 11.1 Å². The Morgan fingerprint density at radius 2 is 1.65 bits per heavy atom. The summed E-state index contributed by atoms with van der Waals surface area (Å²) >= 11 is 0. The molecule has 8 heteroatoms. The molecule has 0 fully saturated rings. The van der Waals surface area contributed by atoms with Gasteiger partial charge in [-0.3, -0.25) is 9.79 Å². The van der Waals surface area contributed by atoms with Crippen molar-refractivity contribution in [3.63, 3.8) is 0 Å². The van der Waals surface area contributed by atoms with Crippen molar-refractivity contribution in [3.05, 3.63) is 90.0 Å². The van der Waals surface area contributed by atoms with Crippen molar-refractivity contribution in [3.8, 4) is 5.75 Å². The molecule has 3 aromatic carbocycles. The zero-order valence-electron chi connectivity index (χ0n) is 16.8. The standard InChI is InChI=1S/C23H24N6O2/c24-19-13-17(11-12-20(19)30)15-26-22(25)21(29-28-18-9-5-2-6-10-18)23(31)27-14-16-7-3-1-4-8-16/h1-13,21,30H,14-15,24H2,(H2,25,26)(H,27,31). The second-order valence-corrected chi connectivity index (χ2v) is 6.79. The summed E-state index contributed by atoms with van der Waals surface area (Å²) in [5.74, 6) is -0.387. The van der Waals surface area contributed by atoms with Crippen LogP contribution in [-0.2, 0) is 17.9 Å². The van der Waals surface area contributed by atoms with Crippen molar-refractivity contribution in [2.24, 2.45) is 21.0 Å². The van der Waals surface area contributed by atoms with Gasteiger partial charge in [0.25, 0.3) is 5.91 Å². The van der Waals surface area contributed by atoms with Crippen LogP contribution in [0.25, 0.3) is 0 Å². The van der Waals surface area contributed by atoms with Crippen LogP contribution in [0.15, 0.2) is 94.1 Å². The van der Waals surface area contributed by atoms with Gasteiger partial charge in [0.2, 0.25) is 6.04 Å². The van der Waals surface area contributed by atoms with Crippen LogP contribution in [0.4, 0.5) is 11.4 Å². The molecule has 0 saturated heterocycles. The van der Waals surface area contributed by atoms with Gasteiger partial charge in [-0.2, -0.15) is 10.2 Å². The highest BCUT2D eigenvalue weighted by Crippen LogP contribution is 2.21. The molecule has 31 heavy (non-hydrogen) atoms. The summed E-state index contributed by atoms with van der Waals surface area (Å²) in [4.78, 5) is 17.1. The van der Waals surface area contributed by atoms with E-state index in [2.05, 4.69) is 20.5 Å². The lowest BCUT2D eigenvalue weighted by molar-refractivity contribution is -0.121. The minimum absolute atomic E-state index is 0.00414. The number of carbonyl (C=O) groups excluding carboxylic acids is 1. The minimum Gasteiger partial charge on any atom is -0.506 e. The Hall–Kier alpha value is -4.20. The van der Waals surface area contributed by atoms with E-state index in [1.165, 1.54) is 6.07 Å². The van der Waals surface area contributed by atoms with Crippen LogP contribution in [0.3, 0.4) is 0 Å². The van der Waals surface area contributed by atoms with E-state index in [0.29, 0.717) is 12.2 Å². The Morgan fingerprint density at radius 1 is 0.968 bits per heavy atom. The van der Waals surface area contributed by atoms with Crippen LogP contribution in [0.2, 0.25) is 0 Å². The Morgan fingerprint density at radius 3 is 2.32 bits per heavy atom. The number of amidine groups is 1. The largest absolute Gasteiger partial charge is 0.506 e.